The van der Waals surface area contributed by atoms with Crippen LogP contribution in [0.15, 0.2) is 35.3 Å². The molecule has 0 aromatic heterocycles. The first-order chi connectivity index (χ1) is 11.0. The molecule has 1 atom stereocenters. The fourth-order valence-electron chi connectivity index (χ4n) is 2.61. The second-order valence-electron chi connectivity index (χ2n) is 5.65. The summed E-state index contributed by atoms with van der Waals surface area (Å²) in [6.07, 6.45) is 1.03. The maximum absolute atomic E-state index is 11.5. The Morgan fingerprint density at radius 2 is 2.04 bits per heavy atom. The topological polar surface area (TPSA) is 73.8 Å². The Morgan fingerprint density at radius 1 is 1.33 bits per heavy atom. The predicted octanol–water partition coefficient (Wildman–Crippen LogP) is 1.48. The van der Waals surface area contributed by atoms with Gasteiger partial charge in [0.25, 0.3) is 0 Å². The zero-order valence-corrected chi connectivity index (χ0v) is 17.4. The van der Waals surface area contributed by atoms with Crippen LogP contribution in [0.25, 0.3) is 0 Å². The van der Waals surface area contributed by atoms with Crippen LogP contribution in [0, 0.1) is 0 Å². The second-order valence-corrected chi connectivity index (χ2v) is 8.12. The molecule has 1 unspecified atom stereocenters. The first kappa shape index (κ1) is 21.0. The number of halogens is 1. The van der Waals surface area contributed by atoms with Crippen LogP contribution in [0.2, 0.25) is 0 Å². The van der Waals surface area contributed by atoms with Gasteiger partial charge in [0, 0.05) is 44.2 Å². The smallest absolute Gasteiger partial charge is 0.191 e. The molecule has 8 heteroatoms. The van der Waals surface area contributed by atoms with Gasteiger partial charge in [0.15, 0.2) is 15.8 Å². The van der Waals surface area contributed by atoms with Gasteiger partial charge in [-0.3, -0.25) is 4.99 Å². The van der Waals surface area contributed by atoms with Crippen molar-refractivity contribution in [3.8, 4) is 0 Å². The van der Waals surface area contributed by atoms with Crippen LogP contribution in [-0.4, -0.2) is 58.6 Å². The third-order valence-electron chi connectivity index (χ3n) is 4.02. The Bertz CT molecular complexity index is 622. The number of guanidine groups is 1. The number of nitrogens with one attached hydrogen (secondary N) is 2. The summed E-state index contributed by atoms with van der Waals surface area (Å²) in [6, 6.07) is 10.7. The van der Waals surface area contributed by atoms with E-state index in [1.807, 2.05) is 18.2 Å². The molecule has 1 fully saturated rings. The lowest BCUT2D eigenvalue weighted by molar-refractivity contribution is 0.595. The first-order valence-electron chi connectivity index (χ1n) is 8.01. The van der Waals surface area contributed by atoms with Gasteiger partial charge in [0.1, 0.15) is 0 Å². The standard InChI is InChI=1S/C16H26N4O2S.HI/c1-3-23(21,22)12-10-18-16(17-2)19-14-9-11-20(13-14)15-7-5-4-6-8-15;/h4-8,14H,3,9-13H2,1-2H3,(H2,17,18,19);1H. The van der Waals surface area contributed by atoms with E-state index < -0.39 is 9.84 Å². The zero-order chi connectivity index (χ0) is 16.7. The molecule has 1 aliphatic rings. The van der Waals surface area contributed by atoms with Gasteiger partial charge in [-0.05, 0) is 18.6 Å². The van der Waals surface area contributed by atoms with E-state index in [1.54, 1.807) is 14.0 Å². The van der Waals surface area contributed by atoms with Crippen molar-refractivity contribution in [3.05, 3.63) is 30.3 Å². The van der Waals surface area contributed by atoms with E-state index in [4.69, 9.17) is 0 Å². The number of sulfone groups is 1. The van der Waals surface area contributed by atoms with E-state index in [-0.39, 0.29) is 35.5 Å². The molecule has 0 bridgehead atoms. The summed E-state index contributed by atoms with van der Waals surface area (Å²) in [7, 11) is -1.25. The normalized spacial score (nSPS) is 18.2. The minimum Gasteiger partial charge on any atom is -0.369 e. The van der Waals surface area contributed by atoms with E-state index in [9.17, 15) is 8.42 Å². The molecule has 1 heterocycles. The molecular weight excluding hydrogens is 439 g/mol. The summed E-state index contributed by atoms with van der Waals surface area (Å²) < 4.78 is 23.0. The Kier molecular flexibility index (Phi) is 8.82. The van der Waals surface area contributed by atoms with Crippen molar-refractivity contribution in [3.63, 3.8) is 0 Å². The number of hydrogen-bond acceptors (Lipinski definition) is 4. The lowest BCUT2D eigenvalue weighted by Crippen LogP contribution is -2.45. The van der Waals surface area contributed by atoms with Crippen molar-refractivity contribution in [1.82, 2.24) is 10.6 Å². The van der Waals surface area contributed by atoms with Gasteiger partial charge in [-0.25, -0.2) is 8.42 Å². The molecule has 6 nitrogen and oxygen atoms in total. The molecule has 0 aliphatic carbocycles. The number of anilines is 1. The summed E-state index contributed by atoms with van der Waals surface area (Å²) in [5.74, 6) is 0.969. The van der Waals surface area contributed by atoms with Gasteiger partial charge < -0.3 is 15.5 Å². The summed E-state index contributed by atoms with van der Waals surface area (Å²) in [5.41, 5.74) is 1.23. The van der Waals surface area contributed by atoms with Crippen molar-refractivity contribution >= 4 is 45.5 Å². The number of benzene rings is 1. The number of rotatable bonds is 6. The van der Waals surface area contributed by atoms with Crippen molar-refractivity contribution < 1.29 is 8.42 Å². The van der Waals surface area contributed by atoms with Crippen LogP contribution in [-0.2, 0) is 9.84 Å². The fraction of sp³-hybridized carbons (Fsp3) is 0.562. The molecular formula is C16H27IN4O2S. The largest absolute Gasteiger partial charge is 0.369 e. The Balaban J connectivity index is 0.00000288. The fourth-order valence-corrected chi connectivity index (χ4v) is 3.31. The molecule has 0 amide bonds. The average molecular weight is 466 g/mol. The van der Waals surface area contributed by atoms with E-state index in [0.29, 0.717) is 18.5 Å². The summed E-state index contributed by atoms with van der Waals surface area (Å²) >= 11 is 0. The Labute approximate surface area is 162 Å². The van der Waals surface area contributed by atoms with Crippen LogP contribution in [0.1, 0.15) is 13.3 Å². The van der Waals surface area contributed by atoms with Crippen LogP contribution < -0.4 is 15.5 Å². The zero-order valence-electron chi connectivity index (χ0n) is 14.2. The second kappa shape index (κ2) is 10.1. The van der Waals surface area contributed by atoms with E-state index in [1.165, 1.54) is 5.69 Å². The number of hydrogen-bond donors (Lipinski definition) is 2. The van der Waals surface area contributed by atoms with Gasteiger partial charge >= 0.3 is 0 Å². The van der Waals surface area contributed by atoms with Crippen LogP contribution >= 0.6 is 24.0 Å². The quantitative estimate of drug-likeness (QED) is 0.378. The van der Waals surface area contributed by atoms with E-state index in [0.717, 1.165) is 19.5 Å². The van der Waals surface area contributed by atoms with Gasteiger partial charge in [-0.1, -0.05) is 25.1 Å². The van der Waals surface area contributed by atoms with Crippen molar-refractivity contribution in [2.45, 2.75) is 19.4 Å². The lowest BCUT2D eigenvalue weighted by Gasteiger charge is -2.20. The van der Waals surface area contributed by atoms with Gasteiger partial charge in [0.05, 0.1) is 5.75 Å². The molecule has 136 valence electrons. The first-order valence-corrected chi connectivity index (χ1v) is 9.84. The summed E-state index contributed by atoms with van der Waals surface area (Å²) in [5, 5.41) is 6.45. The lowest BCUT2D eigenvalue weighted by atomic mass is 10.3. The SMILES string of the molecule is CCS(=O)(=O)CCNC(=NC)NC1CCN(c2ccccc2)C1.I. The molecule has 0 radical (unpaired) electrons. The maximum atomic E-state index is 11.5. The predicted molar refractivity (Wildman–Crippen MR) is 111 cm³/mol. The highest BCUT2D eigenvalue weighted by molar-refractivity contribution is 14.0. The maximum Gasteiger partial charge on any atom is 0.191 e. The minimum absolute atomic E-state index is 0. The molecule has 0 spiro atoms. The van der Waals surface area contributed by atoms with Crippen molar-refractivity contribution in [1.29, 1.82) is 0 Å². The van der Waals surface area contributed by atoms with E-state index >= 15 is 0 Å². The third kappa shape index (κ3) is 6.46. The Hall–Kier alpha value is -1.03. The molecule has 1 aliphatic heterocycles. The molecule has 1 saturated heterocycles. The molecule has 1 aromatic rings. The Morgan fingerprint density at radius 3 is 2.67 bits per heavy atom. The highest BCUT2D eigenvalue weighted by Gasteiger charge is 2.23. The number of aliphatic imine (C=N–C) groups is 1. The van der Waals surface area contributed by atoms with Crippen LogP contribution in [0.4, 0.5) is 5.69 Å². The van der Waals surface area contributed by atoms with Crippen molar-refractivity contribution in [2.75, 3.05) is 43.1 Å². The van der Waals surface area contributed by atoms with Gasteiger partial charge in [-0.2, -0.15) is 0 Å². The monoisotopic (exact) mass is 466 g/mol. The van der Waals surface area contributed by atoms with Crippen LogP contribution in [0.5, 0.6) is 0 Å². The minimum atomic E-state index is -2.95. The average Bonchev–Trinajstić information content (AvgIpc) is 3.03. The molecule has 1 aromatic carbocycles. The van der Waals surface area contributed by atoms with Crippen LogP contribution in [0.3, 0.4) is 0 Å². The molecule has 2 N–H and O–H groups in total. The highest BCUT2D eigenvalue weighted by atomic mass is 127. The molecule has 24 heavy (non-hydrogen) atoms. The van der Waals surface area contributed by atoms with E-state index in [2.05, 4.69) is 32.7 Å². The third-order valence-corrected chi connectivity index (χ3v) is 5.73. The van der Waals surface area contributed by atoms with Gasteiger partial charge in [-0.15, -0.1) is 24.0 Å². The molecule has 2 rings (SSSR count). The summed E-state index contributed by atoms with van der Waals surface area (Å²) in [4.78, 5) is 6.52. The number of nitrogens with zero attached hydrogens (tertiary/aromatic N) is 2. The van der Waals surface area contributed by atoms with Gasteiger partial charge in [0.2, 0.25) is 0 Å². The summed E-state index contributed by atoms with van der Waals surface area (Å²) in [6.45, 7) is 3.96. The molecule has 0 saturated carbocycles. The number of para-hydroxylation sites is 1. The van der Waals surface area contributed by atoms with Crippen molar-refractivity contribution in [2.24, 2.45) is 4.99 Å². The highest BCUT2D eigenvalue weighted by Crippen LogP contribution is 2.19.